The predicted molar refractivity (Wildman–Crippen MR) is 191 cm³/mol. The second kappa shape index (κ2) is 12.8. The Morgan fingerprint density at radius 3 is 1.65 bits per heavy atom. The number of carbonyl (C=O) groups excluding carboxylic acids is 3. The van der Waals surface area contributed by atoms with E-state index in [9.17, 15) is 22.8 Å². The first-order chi connectivity index (χ1) is 22.8. The first kappa shape index (κ1) is 33.3. The summed E-state index contributed by atoms with van der Waals surface area (Å²) in [5.41, 5.74) is -0.274. The molecular weight excluding hydrogens is 643 g/mol. The van der Waals surface area contributed by atoms with Gasteiger partial charge in [0.15, 0.2) is 21.3 Å². The van der Waals surface area contributed by atoms with Crippen molar-refractivity contribution in [2.24, 2.45) is 0 Å². The lowest BCUT2D eigenvalue weighted by atomic mass is 10.00. The maximum Gasteiger partial charge on any atom is 0.355 e. The van der Waals surface area contributed by atoms with Gasteiger partial charge in [0, 0.05) is 18.2 Å². The first-order valence-electron chi connectivity index (χ1n) is 15.7. The third-order valence-electron chi connectivity index (χ3n) is 8.60. The Morgan fingerprint density at radius 1 is 0.792 bits per heavy atom. The summed E-state index contributed by atoms with van der Waals surface area (Å²) in [5.74, 6) is -2.37. The Labute approximate surface area is 282 Å². The molecule has 4 aromatic rings. The fraction of sp³-hybridized carbons (Fsp3) is 0.237. The van der Waals surface area contributed by atoms with Crippen molar-refractivity contribution >= 4 is 56.5 Å². The van der Waals surface area contributed by atoms with Crippen molar-refractivity contribution in [1.82, 2.24) is 4.90 Å². The number of para-hydroxylation sites is 1. The van der Waals surface area contributed by atoms with Crippen molar-refractivity contribution in [2.45, 2.75) is 44.7 Å². The van der Waals surface area contributed by atoms with Gasteiger partial charge >= 0.3 is 5.97 Å². The van der Waals surface area contributed by atoms with Gasteiger partial charge in [-0.05, 0) is 69.3 Å². The Morgan fingerprint density at radius 2 is 1.23 bits per heavy atom. The molecule has 8 nitrogen and oxygen atoms in total. The van der Waals surface area contributed by atoms with Crippen molar-refractivity contribution in [3.05, 3.63) is 133 Å². The minimum absolute atomic E-state index is 0.0604. The SMILES string of the molecule is CC(=O)N(c1ccccc1)[C@@H]1C(=O)N2C(C(=O)OC(C)(C)C)=C(C[P+](c3ccccc3)(c3ccccc3)c3ccccc3)CS(=O)(=O)[C@H]12. The molecule has 246 valence electrons. The van der Waals surface area contributed by atoms with Gasteiger partial charge in [0.25, 0.3) is 5.91 Å². The number of β-lactam (4-membered cyclic amide) rings is 1. The van der Waals surface area contributed by atoms with Gasteiger partial charge in [-0.1, -0.05) is 72.8 Å². The zero-order chi connectivity index (χ0) is 34.3. The molecule has 2 aliphatic heterocycles. The molecule has 0 N–H and O–H groups in total. The highest BCUT2D eigenvalue weighted by Gasteiger charge is 2.64. The zero-order valence-corrected chi connectivity index (χ0v) is 29.0. The maximum atomic E-state index is 14.4. The Kier molecular flexibility index (Phi) is 8.88. The summed E-state index contributed by atoms with van der Waals surface area (Å²) in [7, 11) is -6.79. The van der Waals surface area contributed by atoms with Crippen molar-refractivity contribution in [3.63, 3.8) is 0 Å². The average Bonchev–Trinajstić information content (AvgIpc) is 3.06. The van der Waals surface area contributed by atoms with Gasteiger partial charge in [-0.2, -0.15) is 0 Å². The van der Waals surface area contributed by atoms with Crippen LogP contribution in [-0.4, -0.2) is 60.0 Å². The summed E-state index contributed by atoms with van der Waals surface area (Å²) in [4.78, 5) is 43.7. The van der Waals surface area contributed by atoms with Crippen LogP contribution in [0.3, 0.4) is 0 Å². The molecule has 2 heterocycles. The number of benzene rings is 4. The molecule has 4 aromatic carbocycles. The van der Waals surface area contributed by atoms with Gasteiger partial charge in [-0.25, -0.2) is 13.2 Å². The summed E-state index contributed by atoms with van der Waals surface area (Å²) in [6.45, 7) is 6.48. The van der Waals surface area contributed by atoms with E-state index in [4.69, 9.17) is 4.74 Å². The number of ether oxygens (including phenoxy) is 1. The lowest BCUT2D eigenvalue weighted by Crippen LogP contribution is -2.75. The number of hydrogen-bond donors (Lipinski definition) is 0. The van der Waals surface area contributed by atoms with Crippen LogP contribution in [-0.2, 0) is 29.0 Å². The van der Waals surface area contributed by atoms with E-state index in [0.29, 0.717) is 11.3 Å². The van der Waals surface area contributed by atoms with Crippen LogP contribution in [0.15, 0.2) is 133 Å². The Bertz CT molecular complexity index is 1880. The molecule has 1 saturated heterocycles. The van der Waals surface area contributed by atoms with Crippen LogP contribution in [0.5, 0.6) is 0 Å². The molecule has 1 fully saturated rings. The highest BCUT2D eigenvalue weighted by molar-refractivity contribution is 7.96. The van der Waals surface area contributed by atoms with Crippen molar-refractivity contribution in [1.29, 1.82) is 0 Å². The number of rotatable bonds is 8. The fourth-order valence-corrected chi connectivity index (χ4v) is 13.2. The number of esters is 1. The first-order valence-corrected chi connectivity index (χ1v) is 19.4. The Balaban J connectivity index is 1.58. The van der Waals surface area contributed by atoms with Crippen LogP contribution in [0, 0.1) is 0 Å². The van der Waals surface area contributed by atoms with Crippen molar-refractivity contribution in [3.8, 4) is 0 Å². The van der Waals surface area contributed by atoms with Gasteiger partial charge in [-0.15, -0.1) is 0 Å². The van der Waals surface area contributed by atoms with E-state index >= 15 is 0 Å². The van der Waals surface area contributed by atoms with Crippen LogP contribution >= 0.6 is 7.26 Å². The van der Waals surface area contributed by atoms with Crippen LogP contribution in [0.4, 0.5) is 5.69 Å². The highest BCUT2D eigenvalue weighted by atomic mass is 32.2. The largest absolute Gasteiger partial charge is 0.455 e. The summed E-state index contributed by atoms with van der Waals surface area (Å²) >= 11 is 0. The molecule has 2 amide bonds. The Hall–Kier alpha value is -4.59. The molecular formula is C38H38N2O6PS+. The van der Waals surface area contributed by atoms with Crippen LogP contribution in [0.1, 0.15) is 27.7 Å². The molecule has 0 aliphatic carbocycles. The molecule has 0 bridgehead atoms. The molecule has 2 atom stereocenters. The number of anilines is 1. The monoisotopic (exact) mass is 681 g/mol. The fourth-order valence-electron chi connectivity index (χ4n) is 6.72. The third kappa shape index (κ3) is 5.97. The normalized spacial score (nSPS) is 18.8. The number of nitrogens with zero attached hydrogens (tertiary/aromatic N) is 2. The van der Waals surface area contributed by atoms with Gasteiger partial charge in [-0.3, -0.25) is 19.4 Å². The van der Waals surface area contributed by atoms with E-state index in [0.717, 1.165) is 20.8 Å². The minimum Gasteiger partial charge on any atom is -0.455 e. The summed E-state index contributed by atoms with van der Waals surface area (Å²) in [6.07, 6.45) is 0.176. The summed E-state index contributed by atoms with van der Waals surface area (Å²) in [5, 5.41) is 1.55. The quantitative estimate of drug-likeness (QED) is 0.153. The second-order valence-corrected chi connectivity index (χ2v) is 18.6. The van der Waals surface area contributed by atoms with E-state index in [1.54, 1.807) is 51.1 Å². The van der Waals surface area contributed by atoms with E-state index in [-0.39, 0.29) is 11.9 Å². The zero-order valence-electron chi connectivity index (χ0n) is 27.3. The number of fused-ring (bicyclic) bond motifs is 1. The minimum atomic E-state index is -4.11. The third-order valence-corrected chi connectivity index (χ3v) is 14.9. The number of amides is 2. The van der Waals surface area contributed by atoms with Gasteiger partial charge in [0.2, 0.25) is 5.91 Å². The molecule has 2 aliphatic rings. The summed E-state index contributed by atoms with van der Waals surface area (Å²) < 4.78 is 34.7. The van der Waals surface area contributed by atoms with Gasteiger partial charge in [0.05, 0.1) is 11.9 Å². The number of sulfone groups is 1. The molecule has 48 heavy (non-hydrogen) atoms. The molecule has 10 heteroatoms. The molecule has 0 spiro atoms. The molecule has 6 rings (SSSR count). The lowest BCUT2D eigenvalue weighted by Gasteiger charge is -2.52. The average molecular weight is 682 g/mol. The van der Waals surface area contributed by atoms with E-state index in [1.807, 2.05) is 91.0 Å². The van der Waals surface area contributed by atoms with E-state index in [2.05, 4.69) is 0 Å². The van der Waals surface area contributed by atoms with Gasteiger partial charge < -0.3 is 4.74 Å². The number of carbonyl (C=O) groups is 3. The van der Waals surface area contributed by atoms with Crippen LogP contribution in [0.2, 0.25) is 0 Å². The molecule has 0 aromatic heterocycles. The van der Waals surface area contributed by atoms with Crippen LogP contribution in [0.25, 0.3) is 0 Å². The smallest absolute Gasteiger partial charge is 0.355 e. The number of hydrogen-bond acceptors (Lipinski definition) is 6. The topological polar surface area (TPSA) is 101 Å². The van der Waals surface area contributed by atoms with Crippen molar-refractivity contribution in [2.75, 3.05) is 16.8 Å². The maximum absolute atomic E-state index is 14.4. The molecule has 0 saturated carbocycles. The van der Waals surface area contributed by atoms with Gasteiger partial charge in [0.1, 0.15) is 34.5 Å². The predicted octanol–water partition coefficient (Wildman–Crippen LogP) is 4.59. The lowest BCUT2D eigenvalue weighted by molar-refractivity contribution is -0.158. The molecule has 0 radical (unpaired) electrons. The standard InChI is InChI=1S/C38H38N2O6PS/c1-27(41)39(29-17-9-5-10-18-29)34-35(42)40-33(37(43)46-38(2,3)4)28(26-48(44,45)36(34)40)25-47(30-19-11-6-12-20-30,31-21-13-7-14-22-31)32-23-15-8-16-24-32/h5-24,34,36H,25-26H2,1-4H3/q+1/t34-,36-/m1/s1. The molecule has 0 unspecified atom stereocenters. The van der Waals surface area contributed by atoms with E-state index < -0.39 is 57.7 Å². The summed E-state index contributed by atoms with van der Waals surface area (Å²) in [6, 6.07) is 36.9. The van der Waals surface area contributed by atoms with Crippen LogP contribution < -0.4 is 20.8 Å². The van der Waals surface area contributed by atoms with E-state index in [1.165, 1.54) is 11.8 Å². The van der Waals surface area contributed by atoms with Crippen molar-refractivity contribution < 1.29 is 27.5 Å². The highest BCUT2D eigenvalue weighted by Crippen LogP contribution is 2.58. The second-order valence-electron chi connectivity index (χ2n) is 13.0.